The van der Waals surface area contributed by atoms with Crippen LogP contribution in [0.2, 0.25) is 0 Å². The number of nitrogens with zero attached hydrogens (tertiary/aromatic N) is 1. The van der Waals surface area contributed by atoms with E-state index in [0.717, 1.165) is 37.1 Å². The van der Waals surface area contributed by atoms with Crippen LogP contribution in [-0.2, 0) is 4.79 Å². The van der Waals surface area contributed by atoms with Crippen LogP contribution in [0.15, 0.2) is 35.3 Å². The van der Waals surface area contributed by atoms with Gasteiger partial charge < -0.3 is 0 Å². The Morgan fingerprint density at radius 1 is 1.28 bits per heavy atom. The van der Waals surface area contributed by atoms with E-state index in [4.69, 9.17) is 0 Å². The van der Waals surface area contributed by atoms with Crippen molar-refractivity contribution in [3.8, 4) is 0 Å². The molecule has 0 saturated heterocycles. The molecule has 1 aromatic carbocycles. The SMILES string of the molecule is CCCC1CCC(C(C)=Nc2ccccc2)C1=O. The van der Waals surface area contributed by atoms with Crippen molar-refractivity contribution in [1.82, 2.24) is 0 Å². The number of rotatable bonds is 4. The minimum absolute atomic E-state index is 0.0572. The van der Waals surface area contributed by atoms with Gasteiger partial charge in [0.2, 0.25) is 0 Å². The highest BCUT2D eigenvalue weighted by atomic mass is 16.1. The summed E-state index contributed by atoms with van der Waals surface area (Å²) in [4.78, 5) is 16.8. The molecule has 18 heavy (non-hydrogen) atoms. The highest BCUT2D eigenvalue weighted by Gasteiger charge is 2.34. The van der Waals surface area contributed by atoms with E-state index in [2.05, 4.69) is 11.9 Å². The molecule has 1 aromatic rings. The van der Waals surface area contributed by atoms with Gasteiger partial charge in [-0.1, -0.05) is 31.5 Å². The number of hydrogen-bond donors (Lipinski definition) is 0. The topological polar surface area (TPSA) is 29.4 Å². The summed E-state index contributed by atoms with van der Waals surface area (Å²) >= 11 is 0. The summed E-state index contributed by atoms with van der Waals surface area (Å²) < 4.78 is 0. The normalized spacial score (nSPS) is 24.6. The maximum atomic E-state index is 12.2. The van der Waals surface area contributed by atoms with Crippen LogP contribution in [0.5, 0.6) is 0 Å². The molecule has 2 unspecified atom stereocenters. The molecule has 0 bridgehead atoms. The first-order chi connectivity index (χ1) is 8.72. The number of hydrogen-bond acceptors (Lipinski definition) is 2. The minimum atomic E-state index is 0.0572. The second-order valence-corrected chi connectivity index (χ2v) is 5.11. The van der Waals surface area contributed by atoms with Crippen molar-refractivity contribution in [2.75, 3.05) is 0 Å². The molecule has 0 radical (unpaired) electrons. The Balaban J connectivity index is 2.09. The summed E-state index contributed by atoms with van der Waals surface area (Å²) in [7, 11) is 0. The quantitative estimate of drug-likeness (QED) is 0.730. The summed E-state index contributed by atoms with van der Waals surface area (Å²) in [6, 6.07) is 9.89. The predicted molar refractivity (Wildman–Crippen MR) is 75.3 cm³/mol. The summed E-state index contributed by atoms with van der Waals surface area (Å²) in [6.07, 6.45) is 4.15. The molecule has 0 heterocycles. The molecule has 2 rings (SSSR count). The van der Waals surface area contributed by atoms with Crippen molar-refractivity contribution >= 4 is 17.2 Å². The van der Waals surface area contributed by atoms with Crippen LogP contribution in [0.3, 0.4) is 0 Å². The predicted octanol–water partition coefficient (Wildman–Crippen LogP) is 4.17. The number of benzene rings is 1. The standard InChI is InChI=1S/C16H21NO/c1-3-7-13-10-11-15(16(13)18)12(2)17-14-8-5-4-6-9-14/h4-6,8-9,13,15H,3,7,10-11H2,1-2H3. The molecule has 1 fully saturated rings. The van der Waals surface area contributed by atoms with Crippen molar-refractivity contribution in [3.05, 3.63) is 30.3 Å². The van der Waals surface area contributed by atoms with Crippen molar-refractivity contribution < 1.29 is 4.79 Å². The lowest BCUT2D eigenvalue weighted by atomic mass is 9.96. The smallest absolute Gasteiger partial charge is 0.144 e. The molecule has 0 spiro atoms. The van der Waals surface area contributed by atoms with Crippen molar-refractivity contribution in [2.45, 2.75) is 39.5 Å². The average molecular weight is 243 g/mol. The van der Waals surface area contributed by atoms with Gasteiger partial charge >= 0.3 is 0 Å². The zero-order valence-electron chi connectivity index (χ0n) is 11.2. The van der Waals surface area contributed by atoms with Crippen molar-refractivity contribution in [1.29, 1.82) is 0 Å². The molecule has 1 aliphatic carbocycles. The molecule has 2 nitrogen and oxygen atoms in total. The summed E-state index contributed by atoms with van der Waals surface area (Å²) in [5.74, 6) is 0.747. The Labute approximate surface area is 109 Å². The molecule has 2 atom stereocenters. The van der Waals surface area contributed by atoms with Gasteiger partial charge in [0.1, 0.15) is 5.78 Å². The number of carbonyl (C=O) groups is 1. The third-order valence-corrected chi connectivity index (χ3v) is 3.75. The molecule has 0 aromatic heterocycles. The number of carbonyl (C=O) groups excluding carboxylic acids is 1. The fraction of sp³-hybridized carbons (Fsp3) is 0.500. The van der Waals surface area contributed by atoms with Crippen LogP contribution in [0.1, 0.15) is 39.5 Å². The molecule has 2 heteroatoms. The van der Waals surface area contributed by atoms with Crippen LogP contribution in [0.25, 0.3) is 0 Å². The van der Waals surface area contributed by atoms with Crippen LogP contribution in [0, 0.1) is 11.8 Å². The number of para-hydroxylation sites is 1. The maximum Gasteiger partial charge on any atom is 0.144 e. The van der Waals surface area contributed by atoms with E-state index < -0.39 is 0 Å². The minimum Gasteiger partial charge on any atom is -0.299 e. The van der Waals surface area contributed by atoms with Gasteiger partial charge in [0.15, 0.2) is 0 Å². The Hall–Kier alpha value is -1.44. The fourth-order valence-corrected chi connectivity index (χ4v) is 2.77. The van der Waals surface area contributed by atoms with Gasteiger partial charge in [-0.2, -0.15) is 0 Å². The third-order valence-electron chi connectivity index (χ3n) is 3.75. The first-order valence-corrected chi connectivity index (χ1v) is 6.86. The van der Waals surface area contributed by atoms with E-state index in [1.807, 2.05) is 37.3 Å². The second-order valence-electron chi connectivity index (χ2n) is 5.11. The lowest BCUT2D eigenvalue weighted by Crippen LogP contribution is -2.20. The van der Waals surface area contributed by atoms with Crippen LogP contribution in [0.4, 0.5) is 5.69 Å². The Morgan fingerprint density at radius 3 is 2.67 bits per heavy atom. The fourth-order valence-electron chi connectivity index (χ4n) is 2.77. The molecule has 0 amide bonds. The van der Waals surface area contributed by atoms with Crippen LogP contribution < -0.4 is 0 Å². The van der Waals surface area contributed by atoms with Gasteiger partial charge in [-0.15, -0.1) is 0 Å². The van der Waals surface area contributed by atoms with E-state index >= 15 is 0 Å². The van der Waals surface area contributed by atoms with E-state index in [-0.39, 0.29) is 11.8 Å². The molecule has 96 valence electrons. The number of Topliss-reactive ketones (excluding diaryl/α,β-unsaturated/α-hetero) is 1. The van der Waals surface area contributed by atoms with E-state index in [1.54, 1.807) is 0 Å². The van der Waals surface area contributed by atoms with E-state index in [1.165, 1.54) is 0 Å². The van der Waals surface area contributed by atoms with Gasteiger partial charge in [0.25, 0.3) is 0 Å². The summed E-state index contributed by atoms with van der Waals surface area (Å²) in [6.45, 7) is 4.13. The van der Waals surface area contributed by atoms with Crippen LogP contribution in [-0.4, -0.2) is 11.5 Å². The lowest BCUT2D eigenvalue weighted by Gasteiger charge is -2.10. The summed E-state index contributed by atoms with van der Waals surface area (Å²) in [5, 5.41) is 0. The van der Waals surface area contributed by atoms with Gasteiger partial charge in [-0.05, 0) is 38.3 Å². The Morgan fingerprint density at radius 2 is 2.00 bits per heavy atom. The van der Waals surface area contributed by atoms with Crippen LogP contribution >= 0.6 is 0 Å². The zero-order chi connectivity index (χ0) is 13.0. The van der Waals surface area contributed by atoms with Crippen molar-refractivity contribution in [3.63, 3.8) is 0 Å². The van der Waals surface area contributed by atoms with Gasteiger partial charge in [-0.3, -0.25) is 9.79 Å². The number of aliphatic imine (C=N–C) groups is 1. The van der Waals surface area contributed by atoms with E-state index in [9.17, 15) is 4.79 Å². The van der Waals surface area contributed by atoms with Gasteiger partial charge in [0, 0.05) is 11.6 Å². The third kappa shape index (κ3) is 2.87. The van der Waals surface area contributed by atoms with Crippen molar-refractivity contribution in [2.24, 2.45) is 16.8 Å². The molecular weight excluding hydrogens is 222 g/mol. The second kappa shape index (κ2) is 5.94. The monoisotopic (exact) mass is 243 g/mol. The Kier molecular flexibility index (Phi) is 4.29. The zero-order valence-corrected chi connectivity index (χ0v) is 11.2. The lowest BCUT2D eigenvalue weighted by molar-refractivity contribution is -0.122. The highest BCUT2D eigenvalue weighted by Crippen LogP contribution is 2.32. The van der Waals surface area contributed by atoms with Gasteiger partial charge in [0.05, 0.1) is 11.6 Å². The molecular formula is C16H21NO. The molecule has 0 N–H and O–H groups in total. The largest absolute Gasteiger partial charge is 0.299 e. The highest BCUT2D eigenvalue weighted by molar-refractivity contribution is 6.06. The molecule has 0 aliphatic heterocycles. The van der Waals surface area contributed by atoms with E-state index in [0.29, 0.717) is 5.78 Å². The first kappa shape index (κ1) is 13.0. The molecule has 1 saturated carbocycles. The maximum absolute atomic E-state index is 12.2. The number of ketones is 1. The van der Waals surface area contributed by atoms with Gasteiger partial charge in [-0.25, -0.2) is 0 Å². The first-order valence-electron chi connectivity index (χ1n) is 6.86. The Bertz CT molecular complexity index is 436. The average Bonchev–Trinajstić information content (AvgIpc) is 2.73. The summed E-state index contributed by atoms with van der Waals surface area (Å²) in [5.41, 5.74) is 1.92. The molecule has 1 aliphatic rings.